The summed E-state index contributed by atoms with van der Waals surface area (Å²) >= 11 is 2.05. The van der Waals surface area contributed by atoms with Crippen molar-refractivity contribution >= 4 is 40.5 Å². The zero-order valence-electron chi connectivity index (χ0n) is 15.4. The van der Waals surface area contributed by atoms with Gasteiger partial charge < -0.3 is 24.4 Å². The number of aliphatic imine (C=N–C) groups is 1. The number of carbonyl (C=O) groups excluding carboxylic acids is 1. The average molecular weight is 477 g/mol. The summed E-state index contributed by atoms with van der Waals surface area (Å²) in [6.07, 6.45) is 1.22. The summed E-state index contributed by atoms with van der Waals surface area (Å²) in [5.41, 5.74) is 0.167. The van der Waals surface area contributed by atoms with Gasteiger partial charge in [-0.1, -0.05) is 13.8 Å². The molecule has 144 valence electrons. The van der Waals surface area contributed by atoms with Crippen molar-refractivity contribution < 1.29 is 29.2 Å². The normalized spacial score (nSPS) is 13.5. The molecule has 8 heteroatoms. The first-order valence-corrected chi connectivity index (χ1v) is 8.95. The fraction of sp³-hybridized carbons (Fsp3) is 0.444. The highest BCUT2D eigenvalue weighted by Gasteiger charge is 2.21. The summed E-state index contributed by atoms with van der Waals surface area (Å²) in [5, 5.41) is 20.1. The molecule has 2 N–H and O–H groups in total. The highest BCUT2D eigenvalue weighted by molar-refractivity contribution is 14.1. The molecule has 1 aromatic carbocycles. The van der Waals surface area contributed by atoms with Gasteiger partial charge >= 0.3 is 5.97 Å². The average Bonchev–Trinajstić information content (AvgIpc) is 2.63. The Morgan fingerprint density at radius 3 is 2.31 bits per heavy atom. The third-order valence-electron chi connectivity index (χ3n) is 3.74. The number of ether oxygens (including phenoxy) is 3. The molecule has 0 aliphatic carbocycles. The van der Waals surface area contributed by atoms with Crippen molar-refractivity contribution in [2.24, 2.45) is 10.9 Å². The Morgan fingerprint density at radius 1 is 1.23 bits per heavy atom. The monoisotopic (exact) mass is 477 g/mol. The number of hydrogen-bond acceptors (Lipinski definition) is 7. The lowest BCUT2D eigenvalue weighted by Gasteiger charge is -2.15. The number of methoxy groups -OCH3 is 3. The maximum Gasteiger partial charge on any atom is 0.343 e. The van der Waals surface area contributed by atoms with E-state index in [9.17, 15) is 15.0 Å². The van der Waals surface area contributed by atoms with Gasteiger partial charge in [0.2, 0.25) is 0 Å². The molecule has 1 rings (SSSR count). The van der Waals surface area contributed by atoms with Gasteiger partial charge in [-0.25, -0.2) is 4.79 Å². The summed E-state index contributed by atoms with van der Waals surface area (Å²) in [7, 11) is 4.19. The lowest BCUT2D eigenvalue weighted by atomic mass is 10.1. The number of benzene rings is 1. The first-order chi connectivity index (χ1) is 12.3. The van der Waals surface area contributed by atoms with Crippen LogP contribution in [0.3, 0.4) is 0 Å². The standard InChI is InChI=1S/C18H24INO6/c1-10(2)14(9-21)20-8-12(18(23)26-5)17(22)11-6-13(19)16(25-4)7-15(11)24-3/h6-8,10,14,21-22H,9H2,1-5H3/b17-12-,20-8?/t14-/m1/s1. The van der Waals surface area contributed by atoms with Crippen molar-refractivity contribution in [3.63, 3.8) is 0 Å². The van der Waals surface area contributed by atoms with E-state index < -0.39 is 12.0 Å². The quantitative estimate of drug-likeness (QED) is 0.197. The van der Waals surface area contributed by atoms with Crippen LogP contribution in [0.4, 0.5) is 0 Å². The molecule has 7 nitrogen and oxygen atoms in total. The number of esters is 1. The molecular weight excluding hydrogens is 453 g/mol. The first-order valence-electron chi connectivity index (χ1n) is 7.88. The van der Waals surface area contributed by atoms with Crippen LogP contribution in [0.1, 0.15) is 19.4 Å². The van der Waals surface area contributed by atoms with Crippen LogP contribution in [-0.4, -0.2) is 56.4 Å². The van der Waals surface area contributed by atoms with Gasteiger partial charge in [0.1, 0.15) is 22.8 Å². The fourth-order valence-corrected chi connectivity index (χ4v) is 2.80. The molecule has 1 atom stereocenters. The van der Waals surface area contributed by atoms with Gasteiger partial charge in [0.05, 0.1) is 43.1 Å². The lowest BCUT2D eigenvalue weighted by molar-refractivity contribution is -0.135. The predicted molar refractivity (Wildman–Crippen MR) is 108 cm³/mol. The maximum absolute atomic E-state index is 12.1. The molecule has 0 fully saturated rings. The molecule has 0 bridgehead atoms. The van der Waals surface area contributed by atoms with E-state index in [1.165, 1.54) is 27.5 Å². The smallest absolute Gasteiger partial charge is 0.343 e. The molecule has 0 unspecified atom stereocenters. The molecule has 0 aliphatic rings. The summed E-state index contributed by atoms with van der Waals surface area (Å²) in [5.74, 6) is -0.114. The number of carbonyl (C=O) groups is 1. The second-order valence-electron chi connectivity index (χ2n) is 5.71. The molecule has 0 heterocycles. The molecule has 26 heavy (non-hydrogen) atoms. The van der Waals surface area contributed by atoms with E-state index in [1.54, 1.807) is 12.1 Å². The molecule has 0 amide bonds. The number of hydrogen-bond donors (Lipinski definition) is 2. The topological polar surface area (TPSA) is 97.6 Å². The van der Waals surface area contributed by atoms with Crippen LogP contribution in [0, 0.1) is 9.49 Å². The Bertz CT molecular complexity index is 699. The SMILES string of the molecule is COC(=O)/C(C=N[C@H](CO)C(C)C)=C(\O)c1cc(I)c(OC)cc1OC. The highest BCUT2D eigenvalue weighted by atomic mass is 127. The van der Waals surface area contributed by atoms with E-state index in [2.05, 4.69) is 27.6 Å². The fourth-order valence-electron chi connectivity index (χ4n) is 2.11. The van der Waals surface area contributed by atoms with Gasteiger partial charge in [-0.05, 0) is 34.6 Å². The van der Waals surface area contributed by atoms with Crippen molar-refractivity contribution in [1.82, 2.24) is 0 Å². The molecule has 0 aromatic heterocycles. The summed E-state index contributed by atoms with van der Waals surface area (Å²) in [6.45, 7) is 3.62. The number of aliphatic hydroxyl groups excluding tert-OH is 2. The predicted octanol–water partition coefficient (Wildman–Crippen LogP) is 2.84. The minimum Gasteiger partial charge on any atom is -0.506 e. The molecule has 0 saturated carbocycles. The summed E-state index contributed by atoms with van der Waals surface area (Å²) in [4.78, 5) is 16.4. The van der Waals surface area contributed by atoms with Gasteiger partial charge in [-0.3, -0.25) is 4.99 Å². The number of rotatable bonds is 8. The Kier molecular flexibility index (Phi) is 8.86. The van der Waals surface area contributed by atoms with Crippen molar-refractivity contribution in [2.75, 3.05) is 27.9 Å². The lowest BCUT2D eigenvalue weighted by Crippen LogP contribution is -2.19. The van der Waals surface area contributed by atoms with E-state index in [4.69, 9.17) is 14.2 Å². The van der Waals surface area contributed by atoms with Gasteiger partial charge in [0, 0.05) is 12.3 Å². The number of aliphatic hydroxyl groups is 2. The maximum atomic E-state index is 12.1. The number of nitrogens with zero attached hydrogens (tertiary/aromatic N) is 1. The zero-order chi connectivity index (χ0) is 19.9. The van der Waals surface area contributed by atoms with E-state index >= 15 is 0 Å². The summed E-state index contributed by atoms with van der Waals surface area (Å²) in [6, 6.07) is 2.85. The van der Waals surface area contributed by atoms with Crippen LogP contribution in [0.5, 0.6) is 11.5 Å². The third-order valence-corrected chi connectivity index (χ3v) is 4.58. The molecule has 0 saturated heterocycles. The van der Waals surface area contributed by atoms with E-state index in [0.717, 1.165) is 3.57 Å². The van der Waals surface area contributed by atoms with Crippen molar-refractivity contribution in [3.05, 3.63) is 26.8 Å². The van der Waals surface area contributed by atoms with Crippen LogP contribution in [0.2, 0.25) is 0 Å². The number of halogens is 1. The van der Waals surface area contributed by atoms with Crippen molar-refractivity contribution in [1.29, 1.82) is 0 Å². The molecular formula is C18H24INO6. The Morgan fingerprint density at radius 2 is 1.85 bits per heavy atom. The van der Waals surface area contributed by atoms with Gasteiger partial charge in [-0.2, -0.15) is 0 Å². The van der Waals surface area contributed by atoms with Crippen LogP contribution in [-0.2, 0) is 9.53 Å². The Hall–Kier alpha value is -1.81. The van der Waals surface area contributed by atoms with Crippen LogP contribution in [0.25, 0.3) is 5.76 Å². The second kappa shape index (κ2) is 10.4. The highest BCUT2D eigenvalue weighted by Crippen LogP contribution is 2.34. The molecule has 1 aromatic rings. The second-order valence-corrected chi connectivity index (χ2v) is 6.88. The van der Waals surface area contributed by atoms with Crippen molar-refractivity contribution in [2.45, 2.75) is 19.9 Å². The third kappa shape index (κ3) is 5.34. The van der Waals surface area contributed by atoms with Gasteiger partial charge in [0.15, 0.2) is 0 Å². The van der Waals surface area contributed by atoms with Crippen LogP contribution in [0.15, 0.2) is 22.7 Å². The van der Waals surface area contributed by atoms with E-state index in [-0.39, 0.29) is 23.9 Å². The largest absolute Gasteiger partial charge is 0.506 e. The first kappa shape index (κ1) is 22.2. The van der Waals surface area contributed by atoms with Gasteiger partial charge in [-0.15, -0.1) is 0 Å². The Labute approximate surface area is 166 Å². The molecule has 0 radical (unpaired) electrons. The Balaban J connectivity index is 3.52. The minimum absolute atomic E-state index is 0.0637. The molecule has 0 aliphatic heterocycles. The van der Waals surface area contributed by atoms with Crippen molar-refractivity contribution in [3.8, 4) is 11.5 Å². The zero-order valence-corrected chi connectivity index (χ0v) is 17.6. The van der Waals surface area contributed by atoms with E-state index in [1.807, 2.05) is 13.8 Å². The van der Waals surface area contributed by atoms with Crippen LogP contribution < -0.4 is 9.47 Å². The minimum atomic E-state index is -0.750. The van der Waals surface area contributed by atoms with Crippen LogP contribution >= 0.6 is 22.6 Å². The summed E-state index contributed by atoms with van der Waals surface area (Å²) < 4.78 is 16.0. The van der Waals surface area contributed by atoms with Gasteiger partial charge in [0.25, 0.3) is 0 Å². The molecule has 0 spiro atoms. The van der Waals surface area contributed by atoms with E-state index in [0.29, 0.717) is 17.1 Å².